The summed E-state index contributed by atoms with van der Waals surface area (Å²) in [5, 5.41) is 2.92. The molecule has 2 aliphatic rings. The molecule has 2 aliphatic heterocycles. The third-order valence-electron chi connectivity index (χ3n) is 3.65. The molecule has 0 aliphatic carbocycles. The molecule has 1 aromatic carbocycles. The van der Waals surface area contributed by atoms with E-state index >= 15 is 0 Å². The molecule has 0 radical (unpaired) electrons. The van der Waals surface area contributed by atoms with Crippen molar-refractivity contribution in [3.8, 4) is 5.75 Å². The van der Waals surface area contributed by atoms with E-state index in [0.29, 0.717) is 5.92 Å². The fraction of sp³-hybridized carbons (Fsp3) is 0.429. The van der Waals surface area contributed by atoms with Crippen molar-refractivity contribution in [1.29, 1.82) is 0 Å². The van der Waals surface area contributed by atoms with Crippen molar-refractivity contribution in [1.82, 2.24) is 5.32 Å². The van der Waals surface area contributed by atoms with E-state index < -0.39 is 0 Å². The second kappa shape index (κ2) is 5.67. The van der Waals surface area contributed by atoms with Gasteiger partial charge < -0.3 is 10.1 Å². The van der Waals surface area contributed by atoms with E-state index in [9.17, 15) is 4.79 Å². The van der Waals surface area contributed by atoms with Crippen LogP contribution in [0.1, 0.15) is 24.0 Å². The molecular formula is C14H15NO4. The van der Waals surface area contributed by atoms with Crippen LogP contribution in [0.2, 0.25) is 0 Å². The number of nitrogens with one attached hydrogen (secondary N) is 1. The second-order valence-corrected chi connectivity index (χ2v) is 4.69. The van der Waals surface area contributed by atoms with Gasteiger partial charge in [-0.2, -0.15) is 9.59 Å². The van der Waals surface area contributed by atoms with Gasteiger partial charge in [-0.05, 0) is 17.2 Å². The zero-order valence-corrected chi connectivity index (χ0v) is 10.6. The quantitative estimate of drug-likeness (QED) is 0.814. The first-order valence-electron chi connectivity index (χ1n) is 6.20. The molecule has 2 atom stereocenters. The van der Waals surface area contributed by atoms with E-state index in [4.69, 9.17) is 14.3 Å². The Balaban J connectivity index is 0.000000408. The minimum Gasteiger partial charge on any atom is -0.493 e. The molecule has 0 spiro atoms. The molecule has 5 heteroatoms. The van der Waals surface area contributed by atoms with Crippen LogP contribution in [-0.2, 0) is 20.8 Å². The predicted octanol–water partition coefficient (Wildman–Crippen LogP) is 0.887. The van der Waals surface area contributed by atoms with E-state index in [1.807, 2.05) is 13.0 Å². The summed E-state index contributed by atoms with van der Waals surface area (Å²) < 4.78 is 5.48. The molecule has 1 aromatic rings. The summed E-state index contributed by atoms with van der Waals surface area (Å²) in [6, 6.07) is 6.32. The van der Waals surface area contributed by atoms with E-state index in [1.54, 1.807) is 0 Å². The molecule has 1 amide bonds. The fourth-order valence-electron chi connectivity index (χ4n) is 2.57. The lowest BCUT2D eigenvalue weighted by Crippen LogP contribution is -2.16. The van der Waals surface area contributed by atoms with Gasteiger partial charge in [-0.15, -0.1) is 0 Å². The Morgan fingerprint density at radius 2 is 2.11 bits per heavy atom. The Morgan fingerprint density at radius 3 is 2.74 bits per heavy atom. The van der Waals surface area contributed by atoms with Gasteiger partial charge >= 0.3 is 6.15 Å². The third-order valence-corrected chi connectivity index (χ3v) is 3.65. The summed E-state index contributed by atoms with van der Waals surface area (Å²) >= 11 is 0. The SMILES string of the molecule is C[C@@H]1C(=O)NC[C@H]1c1ccc2c(c1)CCO2.O=C=O. The van der Waals surface area contributed by atoms with E-state index in [2.05, 4.69) is 17.4 Å². The number of hydrogen-bond acceptors (Lipinski definition) is 4. The lowest BCUT2D eigenvalue weighted by molar-refractivity contribution is -0.191. The van der Waals surface area contributed by atoms with Crippen molar-refractivity contribution in [3.63, 3.8) is 0 Å². The van der Waals surface area contributed by atoms with E-state index in [-0.39, 0.29) is 18.0 Å². The number of fused-ring (bicyclic) bond motifs is 1. The van der Waals surface area contributed by atoms with E-state index in [0.717, 1.165) is 25.3 Å². The summed E-state index contributed by atoms with van der Waals surface area (Å²) in [7, 11) is 0. The molecule has 1 N–H and O–H groups in total. The van der Waals surface area contributed by atoms with Gasteiger partial charge in [0.25, 0.3) is 0 Å². The second-order valence-electron chi connectivity index (χ2n) is 4.69. The van der Waals surface area contributed by atoms with Crippen LogP contribution in [0.15, 0.2) is 18.2 Å². The van der Waals surface area contributed by atoms with Crippen LogP contribution in [0.3, 0.4) is 0 Å². The van der Waals surface area contributed by atoms with Crippen molar-refractivity contribution in [2.45, 2.75) is 19.3 Å². The third kappa shape index (κ3) is 2.66. The number of benzene rings is 1. The number of ether oxygens (including phenoxy) is 1. The zero-order valence-electron chi connectivity index (χ0n) is 10.6. The van der Waals surface area contributed by atoms with Crippen LogP contribution in [-0.4, -0.2) is 25.2 Å². The monoisotopic (exact) mass is 261 g/mol. The van der Waals surface area contributed by atoms with E-state index in [1.165, 1.54) is 11.1 Å². The Hall–Kier alpha value is -2.13. The van der Waals surface area contributed by atoms with Crippen molar-refractivity contribution >= 4 is 12.1 Å². The lowest BCUT2D eigenvalue weighted by Gasteiger charge is -2.13. The minimum absolute atomic E-state index is 0.0837. The first kappa shape index (κ1) is 13.3. The minimum atomic E-state index is 0.0837. The topological polar surface area (TPSA) is 72.5 Å². The molecule has 1 saturated heterocycles. The summed E-state index contributed by atoms with van der Waals surface area (Å²) in [5.41, 5.74) is 2.54. The summed E-state index contributed by atoms with van der Waals surface area (Å²) in [5.74, 6) is 1.58. The van der Waals surface area contributed by atoms with Crippen molar-refractivity contribution < 1.29 is 19.1 Å². The molecule has 1 fully saturated rings. The van der Waals surface area contributed by atoms with Gasteiger partial charge in [0.1, 0.15) is 5.75 Å². The highest BCUT2D eigenvalue weighted by atomic mass is 16.5. The first-order chi connectivity index (χ1) is 9.17. The standard InChI is InChI=1S/C13H15NO2.CO2/c1-8-11(7-14-13(8)15)9-2-3-12-10(6-9)4-5-16-12;2-1-3/h2-3,6,8,11H,4-5,7H2,1H3,(H,14,15);/t8-,11+;/m0./s1. The van der Waals surface area contributed by atoms with Gasteiger partial charge in [0.15, 0.2) is 0 Å². The average molecular weight is 261 g/mol. The van der Waals surface area contributed by atoms with Crippen molar-refractivity contribution in [2.75, 3.05) is 13.2 Å². The molecule has 0 unspecified atom stereocenters. The van der Waals surface area contributed by atoms with Gasteiger partial charge in [-0.3, -0.25) is 4.79 Å². The molecule has 19 heavy (non-hydrogen) atoms. The zero-order chi connectivity index (χ0) is 13.8. The Labute approximate surface area is 110 Å². The molecular weight excluding hydrogens is 246 g/mol. The molecule has 5 nitrogen and oxygen atoms in total. The number of rotatable bonds is 1. The maximum Gasteiger partial charge on any atom is 0.373 e. The molecule has 0 aromatic heterocycles. The summed E-state index contributed by atoms with van der Waals surface area (Å²) in [4.78, 5) is 27.7. The number of carbonyl (C=O) groups is 1. The Kier molecular flexibility index (Phi) is 3.97. The maximum atomic E-state index is 11.5. The van der Waals surface area contributed by atoms with Gasteiger partial charge in [-0.25, -0.2) is 0 Å². The normalized spacial score (nSPS) is 23.5. The summed E-state index contributed by atoms with van der Waals surface area (Å²) in [6.45, 7) is 3.55. The van der Waals surface area contributed by atoms with Crippen LogP contribution in [0.25, 0.3) is 0 Å². The van der Waals surface area contributed by atoms with Gasteiger partial charge in [-0.1, -0.05) is 19.1 Å². The Morgan fingerprint density at radius 1 is 1.37 bits per heavy atom. The van der Waals surface area contributed by atoms with Crippen LogP contribution >= 0.6 is 0 Å². The Bertz CT molecular complexity index is 520. The maximum absolute atomic E-state index is 11.5. The number of carbonyl (C=O) groups excluding carboxylic acids is 3. The average Bonchev–Trinajstić information content (AvgIpc) is 2.98. The van der Waals surface area contributed by atoms with Crippen LogP contribution in [0.5, 0.6) is 5.75 Å². The van der Waals surface area contributed by atoms with Crippen LogP contribution in [0, 0.1) is 5.92 Å². The highest BCUT2D eigenvalue weighted by Crippen LogP contribution is 2.33. The van der Waals surface area contributed by atoms with Gasteiger partial charge in [0.2, 0.25) is 5.91 Å². The molecule has 100 valence electrons. The molecule has 2 heterocycles. The van der Waals surface area contributed by atoms with Crippen LogP contribution in [0.4, 0.5) is 0 Å². The fourth-order valence-corrected chi connectivity index (χ4v) is 2.57. The van der Waals surface area contributed by atoms with Crippen molar-refractivity contribution in [3.05, 3.63) is 29.3 Å². The lowest BCUT2D eigenvalue weighted by atomic mass is 9.89. The van der Waals surface area contributed by atoms with Gasteiger partial charge in [0, 0.05) is 24.8 Å². The predicted molar refractivity (Wildman–Crippen MR) is 65.6 cm³/mol. The molecule has 3 rings (SSSR count). The highest BCUT2D eigenvalue weighted by molar-refractivity contribution is 5.82. The molecule has 0 saturated carbocycles. The van der Waals surface area contributed by atoms with Crippen molar-refractivity contribution in [2.24, 2.45) is 5.92 Å². The van der Waals surface area contributed by atoms with Gasteiger partial charge in [0.05, 0.1) is 6.61 Å². The van der Waals surface area contributed by atoms with Crippen LogP contribution < -0.4 is 10.1 Å². The first-order valence-corrected chi connectivity index (χ1v) is 6.20. The number of amides is 1. The number of hydrogen-bond donors (Lipinski definition) is 1. The summed E-state index contributed by atoms with van der Waals surface area (Å²) in [6.07, 6.45) is 1.24. The smallest absolute Gasteiger partial charge is 0.373 e. The highest BCUT2D eigenvalue weighted by Gasteiger charge is 2.32. The largest absolute Gasteiger partial charge is 0.493 e. The molecule has 0 bridgehead atoms.